The summed E-state index contributed by atoms with van der Waals surface area (Å²) in [4.78, 5) is 11.2. The van der Waals surface area contributed by atoms with Crippen LogP contribution in [0.4, 0.5) is 8.78 Å². The molecule has 0 saturated heterocycles. The van der Waals surface area contributed by atoms with Crippen LogP contribution in [0.2, 0.25) is 0 Å². The molecule has 112 valence electrons. The molecule has 6 nitrogen and oxygen atoms in total. The number of esters is 1. The SMILES string of the molecule is COC(=O)Cn1nnnc1SCC(F)(F)c1ccccc1. The molecule has 2 rings (SSSR count). The van der Waals surface area contributed by atoms with Gasteiger partial charge in [-0.3, -0.25) is 4.79 Å². The Labute approximate surface area is 123 Å². The fraction of sp³-hybridized carbons (Fsp3) is 0.333. The number of methoxy groups -OCH3 is 1. The molecule has 0 saturated carbocycles. The summed E-state index contributed by atoms with van der Waals surface area (Å²) in [7, 11) is 1.23. The van der Waals surface area contributed by atoms with E-state index in [0.29, 0.717) is 0 Å². The van der Waals surface area contributed by atoms with E-state index in [0.717, 1.165) is 16.4 Å². The monoisotopic (exact) mass is 314 g/mol. The smallest absolute Gasteiger partial charge is 0.327 e. The lowest BCUT2D eigenvalue weighted by Crippen LogP contribution is -2.18. The summed E-state index contributed by atoms with van der Waals surface area (Å²) < 4.78 is 33.6. The van der Waals surface area contributed by atoms with Gasteiger partial charge in [0.15, 0.2) is 0 Å². The molecule has 0 radical (unpaired) electrons. The first-order chi connectivity index (χ1) is 10.0. The van der Waals surface area contributed by atoms with Gasteiger partial charge in [-0.25, -0.2) is 13.5 Å². The second kappa shape index (κ2) is 6.61. The molecule has 0 spiro atoms. The maximum Gasteiger partial charge on any atom is 0.327 e. The number of hydrogen-bond acceptors (Lipinski definition) is 6. The molecule has 0 atom stereocenters. The predicted molar refractivity (Wildman–Crippen MR) is 70.9 cm³/mol. The minimum Gasteiger partial charge on any atom is -0.468 e. The van der Waals surface area contributed by atoms with Gasteiger partial charge in [-0.05, 0) is 10.4 Å². The third kappa shape index (κ3) is 3.97. The third-order valence-corrected chi connectivity index (χ3v) is 3.64. The first kappa shape index (κ1) is 15.4. The third-order valence-electron chi connectivity index (χ3n) is 2.58. The number of halogens is 2. The Morgan fingerprint density at radius 2 is 2.10 bits per heavy atom. The Hall–Kier alpha value is -2.03. The van der Waals surface area contributed by atoms with Crippen molar-refractivity contribution in [2.24, 2.45) is 0 Å². The second-order valence-corrected chi connectivity index (χ2v) is 5.00. The molecule has 0 aliphatic heterocycles. The normalized spacial score (nSPS) is 11.4. The highest BCUT2D eigenvalue weighted by atomic mass is 32.2. The molecule has 0 amide bonds. The fourth-order valence-corrected chi connectivity index (χ4v) is 2.33. The van der Waals surface area contributed by atoms with Crippen molar-refractivity contribution in [2.45, 2.75) is 17.6 Å². The average molecular weight is 314 g/mol. The Balaban J connectivity index is 2.03. The Morgan fingerprint density at radius 3 is 2.76 bits per heavy atom. The molecule has 1 aromatic heterocycles. The van der Waals surface area contributed by atoms with Crippen LogP contribution in [0.5, 0.6) is 0 Å². The fourth-order valence-electron chi connectivity index (χ4n) is 1.51. The van der Waals surface area contributed by atoms with E-state index in [9.17, 15) is 13.6 Å². The van der Waals surface area contributed by atoms with Gasteiger partial charge in [0.05, 0.1) is 12.9 Å². The summed E-state index contributed by atoms with van der Waals surface area (Å²) in [6, 6.07) is 7.49. The minimum absolute atomic E-state index is 0.0792. The number of carbonyl (C=O) groups excluding carboxylic acids is 1. The van der Waals surface area contributed by atoms with E-state index in [1.807, 2.05) is 0 Å². The summed E-state index contributed by atoms with van der Waals surface area (Å²) in [6.45, 7) is -0.220. The molecule has 2 aromatic rings. The van der Waals surface area contributed by atoms with Crippen molar-refractivity contribution in [3.8, 4) is 0 Å². The number of benzene rings is 1. The van der Waals surface area contributed by atoms with Crippen LogP contribution in [-0.4, -0.2) is 39.0 Å². The number of aromatic nitrogens is 4. The van der Waals surface area contributed by atoms with Crippen LogP contribution in [0.25, 0.3) is 0 Å². The van der Waals surface area contributed by atoms with Gasteiger partial charge in [0.1, 0.15) is 6.54 Å². The van der Waals surface area contributed by atoms with Crippen LogP contribution < -0.4 is 0 Å². The van der Waals surface area contributed by atoms with E-state index >= 15 is 0 Å². The van der Waals surface area contributed by atoms with E-state index in [1.54, 1.807) is 18.2 Å². The summed E-state index contributed by atoms with van der Waals surface area (Å²) in [6.07, 6.45) is 0. The molecule has 1 aromatic carbocycles. The van der Waals surface area contributed by atoms with E-state index in [4.69, 9.17) is 0 Å². The maximum atomic E-state index is 14.0. The lowest BCUT2D eigenvalue weighted by molar-refractivity contribution is -0.141. The van der Waals surface area contributed by atoms with Crippen molar-refractivity contribution >= 4 is 17.7 Å². The van der Waals surface area contributed by atoms with Gasteiger partial charge in [-0.15, -0.1) is 5.10 Å². The number of tetrazole rings is 1. The lowest BCUT2D eigenvalue weighted by Gasteiger charge is -2.15. The van der Waals surface area contributed by atoms with E-state index in [2.05, 4.69) is 20.3 Å². The molecule has 0 bridgehead atoms. The van der Waals surface area contributed by atoms with Crippen molar-refractivity contribution < 1.29 is 18.3 Å². The van der Waals surface area contributed by atoms with Crippen LogP contribution in [0.1, 0.15) is 5.56 Å². The second-order valence-electron chi connectivity index (χ2n) is 4.05. The van der Waals surface area contributed by atoms with Gasteiger partial charge >= 0.3 is 5.97 Å². The van der Waals surface area contributed by atoms with Crippen LogP contribution >= 0.6 is 11.8 Å². The Bertz CT molecular complexity index is 606. The Morgan fingerprint density at radius 1 is 1.38 bits per heavy atom. The molecule has 9 heteroatoms. The molecule has 0 N–H and O–H groups in total. The van der Waals surface area contributed by atoms with Crippen molar-refractivity contribution in [1.82, 2.24) is 20.2 Å². The Kier molecular flexibility index (Phi) is 4.84. The van der Waals surface area contributed by atoms with Crippen molar-refractivity contribution in [3.05, 3.63) is 35.9 Å². The first-order valence-electron chi connectivity index (χ1n) is 5.92. The van der Waals surface area contributed by atoms with Gasteiger partial charge in [0, 0.05) is 5.56 Å². The molecule has 0 aliphatic rings. The van der Waals surface area contributed by atoms with E-state index in [1.165, 1.54) is 19.2 Å². The number of carbonyl (C=O) groups is 1. The number of nitrogens with zero attached hydrogens (tertiary/aromatic N) is 4. The maximum absolute atomic E-state index is 14.0. The van der Waals surface area contributed by atoms with E-state index < -0.39 is 17.6 Å². The highest BCUT2D eigenvalue weighted by Crippen LogP contribution is 2.33. The quantitative estimate of drug-likeness (QED) is 0.597. The van der Waals surface area contributed by atoms with Gasteiger partial charge in [0.25, 0.3) is 5.92 Å². The summed E-state index contributed by atoms with van der Waals surface area (Å²) in [5.74, 6) is -4.11. The number of rotatable bonds is 6. The van der Waals surface area contributed by atoms with Crippen LogP contribution in [-0.2, 0) is 22.0 Å². The summed E-state index contributed by atoms with van der Waals surface area (Å²) in [5, 5.41) is 10.7. The molecule has 0 fully saturated rings. The lowest BCUT2D eigenvalue weighted by atomic mass is 10.1. The number of alkyl halides is 2. The zero-order valence-electron chi connectivity index (χ0n) is 11.1. The summed E-state index contributed by atoms with van der Waals surface area (Å²) >= 11 is 0.777. The highest BCUT2D eigenvalue weighted by Gasteiger charge is 2.32. The largest absolute Gasteiger partial charge is 0.468 e. The van der Waals surface area contributed by atoms with Gasteiger partial charge in [0.2, 0.25) is 5.16 Å². The average Bonchev–Trinajstić information content (AvgIpc) is 2.93. The molecule has 0 aliphatic carbocycles. The zero-order chi connectivity index (χ0) is 15.3. The highest BCUT2D eigenvalue weighted by molar-refractivity contribution is 7.99. The number of thioether (sulfide) groups is 1. The van der Waals surface area contributed by atoms with Crippen molar-refractivity contribution in [2.75, 3.05) is 12.9 Å². The topological polar surface area (TPSA) is 69.9 Å². The standard InChI is InChI=1S/C12H12F2N4O2S/c1-20-10(19)7-18-11(15-16-17-18)21-8-12(13,14)9-5-3-2-4-6-9/h2-6H,7-8H2,1H3. The molecular formula is C12H12F2N4O2S. The van der Waals surface area contributed by atoms with Crippen molar-refractivity contribution in [1.29, 1.82) is 0 Å². The van der Waals surface area contributed by atoms with Crippen molar-refractivity contribution in [3.63, 3.8) is 0 Å². The van der Waals surface area contributed by atoms with Crippen LogP contribution in [0, 0.1) is 0 Å². The van der Waals surface area contributed by atoms with Gasteiger partial charge < -0.3 is 4.74 Å². The molecular weight excluding hydrogens is 302 g/mol. The zero-order valence-corrected chi connectivity index (χ0v) is 11.9. The summed E-state index contributed by atoms with van der Waals surface area (Å²) in [5.41, 5.74) is -0.0792. The minimum atomic E-state index is -3.02. The van der Waals surface area contributed by atoms with Crippen LogP contribution in [0.15, 0.2) is 35.5 Å². The van der Waals surface area contributed by atoms with Crippen LogP contribution in [0.3, 0.4) is 0 Å². The van der Waals surface area contributed by atoms with Gasteiger partial charge in [-0.1, -0.05) is 42.1 Å². The number of hydrogen-bond donors (Lipinski definition) is 0. The molecule has 21 heavy (non-hydrogen) atoms. The van der Waals surface area contributed by atoms with Gasteiger partial charge in [-0.2, -0.15) is 0 Å². The predicted octanol–water partition coefficient (Wildman–Crippen LogP) is 1.73. The van der Waals surface area contributed by atoms with E-state index in [-0.39, 0.29) is 17.3 Å². The molecule has 1 heterocycles. The molecule has 0 unspecified atom stereocenters. The first-order valence-corrected chi connectivity index (χ1v) is 6.90. The number of ether oxygens (including phenoxy) is 1.